The fraction of sp³-hybridized carbons (Fsp3) is 1.00. The average molecular weight is 234 g/mol. The number of rotatable bonds is 9. The Labute approximate surface area is 96.6 Å². The van der Waals surface area contributed by atoms with E-state index in [9.17, 15) is 5.11 Å². The smallest absolute Gasteiger partial charge is 0.110 e. The predicted molar refractivity (Wildman–Crippen MR) is 58.5 cm³/mol. The molecule has 0 aromatic rings. The van der Waals surface area contributed by atoms with Crippen LogP contribution in [0, 0.1) is 0 Å². The third-order valence-corrected chi connectivity index (χ3v) is 2.58. The van der Waals surface area contributed by atoms with Crippen LogP contribution in [-0.4, -0.2) is 63.6 Å². The first kappa shape index (κ1) is 13.9. The third-order valence-electron chi connectivity index (χ3n) is 2.58. The number of hydrogen-bond donors (Lipinski definition) is 1. The normalized spacial score (nSPS) is 29.1. The standard InChI is InChI=1S/C11H22O5/c1-3-14-5-7-15-10-8-9(12)11(10)16-6-4-13-2/h9-12H,3-8H2,1-2H3. The topological polar surface area (TPSA) is 57.2 Å². The van der Waals surface area contributed by atoms with Gasteiger partial charge in [-0.15, -0.1) is 0 Å². The molecule has 3 unspecified atom stereocenters. The summed E-state index contributed by atoms with van der Waals surface area (Å²) in [5, 5.41) is 9.50. The van der Waals surface area contributed by atoms with E-state index in [1.807, 2.05) is 6.92 Å². The highest BCUT2D eigenvalue weighted by molar-refractivity contribution is 4.91. The molecule has 16 heavy (non-hydrogen) atoms. The summed E-state index contributed by atoms with van der Waals surface area (Å²) >= 11 is 0. The molecule has 1 N–H and O–H groups in total. The van der Waals surface area contributed by atoms with Gasteiger partial charge >= 0.3 is 0 Å². The molecule has 1 aliphatic carbocycles. The first-order valence-electron chi connectivity index (χ1n) is 5.77. The van der Waals surface area contributed by atoms with Gasteiger partial charge in [-0.3, -0.25) is 0 Å². The summed E-state index contributed by atoms with van der Waals surface area (Å²) in [5.41, 5.74) is 0. The molecule has 0 aromatic heterocycles. The molecule has 0 radical (unpaired) electrons. The van der Waals surface area contributed by atoms with Crippen molar-refractivity contribution in [3.63, 3.8) is 0 Å². The minimum Gasteiger partial charge on any atom is -0.390 e. The SMILES string of the molecule is CCOCCOC1CC(O)C1OCCOC. The molecule has 0 heterocycles. The Morgan fingerprint density at radius 1 is 1.12 bits per heavy atom. The fourth-order valence-electron chi connectivity index (χ4n) is 1.61. The van der Waals surface area contributed by atoms with E-state index in [0.29, 0.717) is 39.5 Å². The molecule has 1 aliphatic rings. The van der Waals surface area contributed by atoms with Crippen molar-refractivity contribution in [3.05, 3.63) is 0 Å². The van der Waals surface area contributed by atoms with Crippen LogP contribution in [0.25, 0.3) is 0 Å². The number of ether oxygens (including phenoxy) is 4. The van der Waals surface area contributed by atoms with Gasteiger partial charge in [0.05, 0.1) is 38.6 Å². The average Bonchev–Trinajstić information content (AvgIpc) is 2.28. The van der Waals surface area contributed by atoms with Crippen LogP contribution in [0.2, 0.25) is 0 Å². The van der Waals surface area contributed by atoms with Crippen LogP contribution in [0.5, 0.6) is 0 Å². The fourth-order valence-corrected chi connectivity index (χ4v) is 1.61. The minimum absolute atomic E-state index is 0.00712. The van der Waals surface area contributed by atoms with Crippen molar-refractivity contribution in [1.29, 1.82) is 0 Å². The molecule has 1 rings (SSSR count). The van der Waals surface area contributed by atoms with Crippen LogP contribution in [-0.2, 0) is 18.9 Å². The van der Waals surface area contributed by atoms with Gasteiger partial charge in [0.1, 0.15) is 6.10 Å². The molecular weight excluding hydrogens is 212 g/mol. The molecule has 0 aliphatic heterocycles. The Hall–Kier alpha value is -0.200. The Morgan fingerprint density at radius 2 is 1.88 bits per heavy atom. The third kappa shape index (κ3) is 4.35. The van der Waals surface area contributed by atoms with E-state index >= 15 is 0 Å². The number of aliphatic hydroxyl groups is 1. The van der Waals surface area contributed by atoms with Gasteiger partial charge in [0, 0.05) is 20.1 Å². The Kier molecular flexibility index (Phi) is 6.91. The molecule has 5 nitrogen and oxygen atoms in total. The van der Waals surface area contributed by atoms with E-state index < -0.39 is 6.10 Å². The number of aliphatic hydroxyl groups excluding tert-OH is 1. The summed E-state index contributed by atoms with van der Waals surface area (Å²) < 4.78 is 21.0. The zero-order valence-corrected chi connectivity index (χ0v) is 10.1. The molecule has 0 spiro atoms. The van der Waals surface area contributed by atoms with Gasteiger partial charge in [0.2, 0.25) is 0 Å². The van der Waals surface area contributed by atoms with E-state index in [1.165, 1.54) is 0 Å². The van der Waals surface area contributed by atoms with E-state index in [-0.39, 0.29) is 12.2 Å². The predicted octanol–water partition coefficient (Wildman–Crippen LogP) is 0.204. The Bertz CT molecular complexity index is 176. The van der Waals surface area contributed by atoms with Gasteiger partial charge in [0.25, 0.3) is 0 Å². The van der Waals surface area contributed by atoms with Gasteiger partial charge in [-0.2, -0.15) is 0 Å². The zero-order chi connectivity index (χ0) is 11.8. The van der Waals surface area contributed by atoms with Gasteiger partial charge in [0.15, 0.2) is 0 Å². The summed E-state index contributed by atoms with van der Waals surface area (Å²) in [6, 6.07) is 0. The largest absolute Gasteiger partial charge is 0.390 e. The van der Waals surface area contributed by atoms with Crippen molar-refractivity contribution in [2.75, 3.05) is 40.1 Å². The van der Waals surface area contributed by atoms with Crippen molar-refractivity contribution in [2.24, 2.45) is 0 Å². The summed E-state index contributed by atoms with van der Waals surface area (Å²) in [5.74, 6) is 0. The monoisotopic (exact) mass is 234 g/mol. The molecule has 5 heteroatoms. The minimum atomic E-state index is -0.408. The maximum absolute atomic E-state index is 9.50. The van der Waals surface area contributed by atoms with Gasteiger partial charge in [-0.25, -0.2) is 0 Å². The van der Waals surface area contributed by atoms with Crippen molar-refractivity contribution >= 4 is 0 Å². The number of methoxy groups -OCH3 is 1. The van der Waals surface area contributed by atoms with Crippen LogP contribution in [0.4, 0.5) is 0 Å². The Morgan fingerprint density at radius 3 is 2.50 bits per heavy atom. The molecule has 0 saturated heterocycles. The number of hydrogen-bond acceptors (Lipinski definition) is 5. The molecule has 96 valence electrons. The molecule has 0 bridgehead atoms. The molecule has 1 fully saturated rings. The zero-order valence-electron chi connectivity index (χ0n) is 10.1. The van der Waals surface area contributed by atoms with Gasteiger partial charge in [-0.05, 0) is 6.92 Å². The first-order chi connectivity index (χ1) is 7.79. The van der Waals surface area contributed by atoms with Crippen LogP contribution in [0.1, 0.15) is 13.3 Å². The molecule has 3 atom stereocenters. The lowest BCUT2D eigenvalue weighted by Gasteiger charge is -2.40. The van der Waals surface area contributed by atoms with E-state index in [2.05, 4.69) is 0 Å². The van der Waals surface area contributed by atoms with E-state index in [4.69, 9.17) is 18.9 Å². The lowest BCUT2D eigenvalue weighted by atomic mass is 9.88. The molecular formula is C11H22O5. The van der Waals surface area contributed by atoms with Crippen molar-refractivity contribution in [1.82, 2.24) is 0 Å². The second kappa shape index (κ2) is 7.97. The van der Waals surface area contributed by atoms with Crippen LogP contribution in [0.3, 0.4) is 0 Å². The summed E-state index contributed by atoms with van der Waals surface area (Å²) in [6.45, 7) is 4.82. The van der Waals surface area contributed by atoms with Crippen molar-refractivity contribution in [2.45, 2.75) is 31.7 Å². The molecule has 1 saturated carbocycles. The van der Waals surface area contributed by atoms with Crippen molar-refractivity contribution < 1.29 is 24.1 Å². The highest BCUT2D eigenvalue weighted by atomic mass is 16.6. The quantitative estimate of drug-likeness (QED) is 0.578. The summed E-state index contributed by atoms with van der Waals surface area (Å²) in [7, 11) is 1.62. The second-order valence-electron chi connectivity index (χ2n) is 3.74. The van der Waals surface area contributed by atoms with E-state index in [0.717, 1.165) is 0 Å². The lowest BCUT2D eigenvalue weighted by Crippen LogP contribution is -2.54. The summed E-state index contributed by atoms with van der Waals surface area (Å²) in [6.07, 6.45) is 0.0158. The maximum Gasteiger partial charge on any atom is 0.110 e. The van der Waals surface area contributed by atoms with Gasteiger partial charge < -0.3 is 24.1 Å². The summed E-state index contributed by atoms with van der Waals surface area (Å²) in [4.78, 5) is 0. The highest BCUT2D eigenvalue weighted by Crippen LogP contribution is 2.27. The molecule has 0 aromatic carbocycles. The highest BCUT2D eigenvalue weighted by Gasteiger charge is 2.41. The van der Waals surface area contributed by atoms with Crippen LogP contribution < -0.4 is 0 Å². The Balaban J connectivity index is 2.07. The van der Waals surface area contributed by atoms with Crippen molar-refractivity contribution in [3.8, 4) is 0 Å². The molecule has 0 amide bonds. The van der Waals surface area contributed by atoms with Crippen LogP contribution in [0.15, 0.2) is 0 Å². The van der Waals surface area contributed by atoms with Gasteiger partial charge in [-0.1, -0.05) is 0 Å². The van der Waals surface area contributed by atoms with E-state index in [1.54, 1.807) is 7.11 Å². The van der Waals surface area contributed by atoms with Crippen LogP contribution >= 0.6 is 0 Å². The first-order valence-corrected chi connectivity index (χ1v) is 5.77. The second-order valence-corrected chi connectivity index (χ2v) is 3.74. The maximum atomic E-state index is 9.50. The lowest BCUT2D eigenvalue weighted by molar-refractivity contribution is -0.198.